The van der Waals surface area contributed by atoms with E-state index in [4.69, 9.17) is 0 Å². The van der Waals surface area contributed by atoms with Crippen LogP contribution in [0.2, 0.25) is 0 Å². The van der Waals surface area contributed by atoms with E-state index in [-0.39, 0.29) is 0 Å². The van der Waals surface area contributed by atoms with Crippen molar-refractivity contribution >= 4 is 15.9 Å². The van der Waals surface area contributed by atoms with E-state index in [0.29, 0.717) is 12.5 Å². The highest BCUT2D eigenvalue weighted by atomic mass is 79.9. The van der Waals surface area contributed by atoms with Gasteiger partial charge in [-0.1, -0.05) is 26.0 Å². The van der Waals surface area contributed by atoms with Crippen LogP contribution in [0.4, 0.5) is 0 Å². The summed E-state index contributed by atoms with van der Waals surface area (Å²) in [5, 5.41) is 15.3. The van der Waals surface area contributed by atoms with Crippen LogP contribution in [0.5, 0.6) is 0 Å². The first-order valence-electron chi connectivity index (χ1n) is 6.33. The van der Waals surface area contributed by atoms with E-state index in [1.807, 2.05) is 12.1 Å². The van der Waals surface area contributed by atoms with Gasteiger partial charge in [-0.25, -0.2) is 0 Å². The fourth-order valence-electron chi connectivity index (χ4n) is 1.77. The van der Waals surface area contributed by atoms with Crippen molar-refractivity contribution in [3.63, 3.8) is 0 Å². The van der Waals surface area contributed by atoms with E-state index in [9.17, 15) is 0 Å². The standard InChI is InChI=1S/C13H18BrN5/c1-9(2)7-15-8-12-16-17-18-19(12)11-6-4-5-10(3)13(11)14/h4-6,9,15H,7-8H2,1-3H3. The highest BCUT2D eigenvalue weighted by Gasteiger charge is 2.11. The van der Waals surface area contributed by atoms with Crippen LogP contribution in [0.3, 0.4) is 0 Å². The van der Waals surface area contributed by atoms with Gasteiger partial charge < -0.3 is 5.32 Å². The summed E-state index contributed by atoms with van der Waals surface area (Å²) in [5.74, 6) is 1.42. The molecule has 0 bridgehead atoms. The molecule has 0 saturated heterocycles. The first-order chi connectivity index (χ1) is 9.09. The molecule has 1 aromatic heterocycles. The second-order valence-corrected chi connectivity index (χ2v) is 5.73. The minimum absolute atomic E-state index is 0.607. The summed E-state index contributed by atoms with van der Waals surface area (Å²) in [6, 6.07) is 6.05. The zero-order chi connectivity index (χ0) is 13.8. The lowest BCUT2D eigenvalue weighted by Gasteiger charge is -2.10. The molecule has 1 aromatic carbocycles. The molecular weight excluding hydrogens is 306 g/mol. The summed E-state index contributed by atoms with van der Waals surface area (Å²) in [5.41, 5.74) is 2.13. The molecule has 0 aliphatic heterocycles. The van der Waals surface area contributed by atoms with Crippen molar-refractivity contribution < 1.29 is 0 Å². The summed E-state index contributed by atoms with van der Waals surface area (Å²) in [4.78, 5) is 0. The Balaban J connectivity index is 2.21. The maximum Gasteiger partial charge on any atom is 0.170 e. The minimum Gasteiger partial charge on any atom is -0.310 e. The molecule has 6 heteroatoms. The first-order valence-corrected chi connectivity index (χ1v) is 7.12. The van der Waals surface area contributed by atoms with Crippen LogP contribution in [0.15, 0.2) is 22.7 Å². The van der Waals surface area contributed by atoms with Crippen LogP contribution in [-0.2, 0) is 6.54 Å². The lowest BCUT2D eigenvalue weighted by molar-refractivity contribution is 0.537. The Hall–Kier alpha value is -1.27. The van der Waals surface area contributed by atoms with Gasteiger partial charge in [0.2, 0.25) is 0 Å². The van der Waals surface area contributed by atoms with Crippen molar-refractivity contribution in [3.05, 3.63) is 34.1 Å². The number of nitrogens with one attached hydrogen (secondary N) is 1. The molecule has 0 atom stereocenters. The molecule has 1 heterocycles. The average Bonchev–Trinajstić information content (AvgIpc) is 2.80. The van der Waals surface area contributed by atoms with Gasteiger partial charge in [0.15, 0.2) is 5.82 Å². The lowest BCUT2D eigenvalue weighted by Crippen LogP contribution is -2.21. The Bertz CT molecular complexity index is 550. The van der Waals surface area contributed by atoms with E-state index >= 15 is 0 Å². The van der Waals surface area contributed by atoms with Gasteiger partial charge in [0, 0.05) is 4.47 Å². The number of rotatable bonds is 5. The topological polar surface area (TPSA) is 55.6 Å². The SMILES string of the molecule is Cc1cccc(-n2nnnc2CNCC(C)C)c1Br. The second kappa shape index (κ2) is 6.25. The first kappa shape index (κ1) is 14.1. The molecule has 0 fully saturated rings. The van der Waals surface area contributed by atoms with E-state index in [2.05, 4.69) is 63.6 Å². The predicted molar refractivity (Wildman–Crippen MR) is 78.1 cm³/mol. The molecule has 5 nitrogen and oxygen atoms in total. The molecule has 1 N–H and O–H groups in total. The summed E-state index contributed by atoms with van der Waals surface area (Å²) in [6.45, 7) is 8.00. The van der Waals surface area contributed by atoms with Gasteiger partial charge in [-0.05, 0) is 57.4 Å². The molecule has 2 rings (SSSR count). The maximum absolute atomic E-state index is 4.08. The van der Waals surface area contributed by atoms with Crippen LogP contribution in [0, 0.1) is 12.8 Å². The highest BCUT2D eigenvalue weighted by Crippen LogP contribution is 2.24. The molecule has 0 aliphatic carbocycles. The molecule has 0 spiro atoms. The number of nitrogens with zero attached hydrogens (tertiary/aromatic N) is 4. The Labute approximate surface area is 121 Å². The van der Waals surface area contributed by atoms with Crippen molar-refractivity contribution in [2.75, 3.05) is 6.54 Å². The van der Waals surface area contributed by atoms with Gasteiger partial charge >= 0.3 is 0 Å². The van der Waals surface area contributed by atoms with Gasteiger partial charge in [-0.2, -0.15) is 4.68 Å². The Kier molecular flexibility index (Phi) is 4.66. The lowest BCUT2D eigenvalue weighted by atomic mass is 10.2. The van der Waals surface area contributed by atoms with Crippen LogP contribution in [-0.4, -0.2) is 26.8 Å². The maximum atomic E-state index is 4.08. The van der Waals surface area contributed by atoms with Crippen LogP contribution >= 0.6 is 15.9 Å². The molecule has 102 valence electrons. The summed E-state index contributed by atoms with van der Waals surface area (Å²) >= 11 is 3.59. The minimum atomic E-state index is 0.607. The van der Waals surface area contributed by atoms with E-state index in [1.165, 1.54) is 0 Å². The number of halogens is 1. The third kappa shape index (κ3) is 3.39. The summed E-state index contributed by atoms with van der Waals surface area (Å²) in [7, 11) is 0. The third-order valence-corrected chi connectivity index (χ3v) is 3.80. The normalized spacial score (nSPS) is 11.2. The molecule has 19 heavy (non-hydrogen) atoms. The van der Waals surface area contributed by atoms with Gasteiger partial charge in [0.25, 0.3) is 0 Å². The Morgan fingerprint density at radius 1 is 1.37 bits per heavy atom. The van der Waals surface area contributed by atoms with Crippen molar-refractivity contribution in [1.29, 1.82) is 0 Å². The molecule has 0 saturated carbocycles. The van der Waals surface area contributed by atoms with Gasteiger partial charge in [0.05, 0.1) is 12.2 Å². The second-order valence-electron chi connectivity index (χ2n) is 4.94. The molecule has 2 aromatic rings. The van der Waals surface area contributed by atoms with Crippen molar-refractivity contribution in [1.82, 2.24) is 25.5 Å². The number of benzene rings is 1. The monoisotopic (exact) mass is 323 g/mol. The van der Waals surface area contributed by atoms with E-state index < -0.39 is 0 Å². The van der Waals surface area contributed by atoms with Crippen molar-refractivity contribution in [2.45, 2.75) is 27.3 Å². The zero-order valence-corrected chi connectivity index (χ0v) is 13.0. The number of hydrogen-bond donors (Lipinski definition) is 1. The molecule has 0 radical (unpaired) electrons. The molecule has 0 aliphatic rings. The fourth-order valence-corrected chi connectivity index (χ4v) is 2.20. The molecule has 0 unspecified atom stereocenters. The third-order valence-electron chi connectivity index (χ3n) is 2.77. The largest absolute Gasteiger partial charge is 0.310 e. The van der Waals surface area contributed by atoms with E-state index in [1.54, 1.807) is 4.68 Å². The molecule has 0 amide bonds. The Morgan fingerprint density at radius 2 is 2.16 bits per heavy atom. The quantitative estimate of drug-likeness (QED) is 0.918. The fraction of sp³-hybridized carbons (Fsp3) is 0.462. The summed E-state index contributed by atoms with van der Waals surface area (Å²) < 4.78 is 2.79. The number of hydrogen-bond acceptors (Lipinski definition) is 4. The van der Waals surface area contributed by atoms with Gasteiger partial charge in [0.1, 0.15) is 0 Å². The highest BCUT2D eigenvalue weighted by molar-refractivity contribution is 9.10. The van der Waals surface area contributed by atoms with Gasteiger partial charge in [-0.15, -0.1) is 5.10 Å². The smallest absolute Gasteiger partial charge is 0.170 e. The number of aryl methyl sites for hydroxylation is 1. The van der Waals surface area contributed by atoms with Crippen molar-refractivity contribution in [3.8, 4) is 5.69 Å². The Morgan fingerprint density at radius 3 is 2.89 bits per heavy atom. The predicted octanol–water partition coefficient (Wildman–Crippen LogP) is 2.48. The van der Waals surface area contributed by atoms with E-state index in [0.717, 1.165) is 28.1 Å². The summed E-state index contributed by atoms with van der Waals surface area (Å²) in [6.07, 6.45) is 0. The number of aromatic nitrogens is 4. The number of tetrazole rings is 1. The van der Waals surface area contributed by atoms with Crippen LogP contribution < -0.4 is 5.32 Å². The van der Waals surface area contributed by atoms with Crippen LogP contribution in [0.25, 0.3) is 5.69 Å². The van der Waals surface area contributed by atoms with Crippen LogP contribution in [0.1, 0.15) is 25.2 Å². The molecular formula is C13H18BrN5. The van der Waals surface area contributed by atoms with Gasteiger partial charge in [-0.3, -0.25) is 0 Å². The average molecular weight is 324 g/mol. The van der Waals surface area contributed by atoms with Crippen molar-refractivity contribution in [2.24, 2.45) is 5.92 Å². The zero-order valence-electron chi connectivity index (χ0n) is 11.4.